The van der Waals surface area contributed by atoms with Gasteiger partial charge >= 0.3 is 0 Å². The average molecular weight is 372 g/mol. The number of guanidine groups is 1. The van der Waals surface area contributed by atoms with Crippen LogP contribution in [-0.2, 0) is 6.54 Å². The first kappa shape index (κ1) is 20.2. The fourth-order valence-electron chi connectivity index (χ4n) is 2.52. The number of carbonyl (C=O) groups excluding carboxylic acids is 1. The lowest BCUT2D eigenvalue weighted by atomic mass is 10.2. The van der Waals surface area contributed by atoms with Gasteiger partial charge in [-0.05, 0) is 42.0 Å². The number of amides is 1. The van der Waals surface area contributed by atoms with Gasteiger partial charge in [-0.15, -0.1) is 0 Å². The molecule has 7 heteroatoms. The van der Waals surface area contributed by atoms with E-state index in [1.807, 2.05) is 11.9 Å². The number of nitrogens with zero attached hydrogens (tertiary/aromatic N) is 2. The quantitative estimate of drug-likeness (QED) is 0.445. The fourth-order valence-corrected chi connectivity index (χ4v) is 2.52. The maximum absolute atomic E-state index is 13.0. The molecule has 144 valence electrons. The third-order valence-corrected chi connectivity index (χ3v) is 3.95. The zero-order valence-electron chi connectivity index (χ0n) is 15.8. The Morgan fingerprint density at radius 2 is 1.70 bits per heavy atom. The highest BCUT2D eigenvalue weighted by Crippen LogP contribution is 2.11. The Hall–Kier alpha value is -3.09. The van der Waals surface area contributed by atoms with Crippen LogP contribution in [0.5, 0.6) is 5.75 Å². The Balaban J connectivity index is 1.76. The van der Waals surface area contributed by atoms with E-state index in [1.165, 1.54) is 12.1 Å². The largest absolute Gasteiger partial charge is 0.497 e. The number of nitrogens with one attached hydrogen (secondary N) is 2. The zero-order chi connectivity index (χ0) is 19.6. The van der Waals surface area contributed by atoms with Crippen LogP contribution in [0.4, 0.5) is 4.39 Å². The molecule has 0 spiro atoms. The monoisotopic (exact) mass is 372 g/mol. The van der Waals surface area contributed by atoms with E-state index in [-0.39, 0.29) is 11.7 Å². The van der Waals surface area contributed by atoms with E-state index in [1.54, 1.807) is 50.6 Å². The van der Waals surface area contributed by atoms with E-state index < -0.39 is 0 Å². The Morgan fingerprint density at radius 3 is 2.30 bits per heavy atom. The normalized spacial score (nSPS) is 11.0. The number of methoxy groups -OCH3 is 1. The minimum atomic E-state index is -0.253. The molecule has 0 aliphatic carbocycles. The molecule has 2 rings (SSSR count). The molecule has 0 heterocycles. The summed E-state index contributed by atoms with van der Waals surface area (Å²) < 4.78 is 18.1. The molecule has 2 aromatic rings. The van der Waals surface area contributed by atoms with Crippen molar-refractivity contribution >= 4 is 11.9 Å². The van der Waals surface area contributed by atoms with Crippen LogP contribution in [0.1, 0.15) is 15.9 Å². The maximum Gasteiger partial charge on any atom is 0.251 e. The fraction of sp³-hybridized carbons (Fsp3) is 0.300. The minimum Gasteiger partial charge on any atom is -0.497 e. The second kappa shape index (κ2) is 10.2. The summed E-state index contributed by atoms with van der Waals surface area (Å²) in [5, 5.41) is 6.05. The molecule has 0 unspecified atom stereocenters. The van der Waals surface area contributed by atoms with Crippen LogP contribution in [0.3, 0.4) is 0 Å². The number of hydrogen-bond acceptors (Lipinski definition) is 3. The van der Waals surface area contributed by atoms with Gasteiger partial charge in [0.1, 0.15) is 11.6 Å². The predicted octanol–water partition coefficient (Wildman–Crippen LogP) is 2.27. The first-order valence-electron chi connectivity index (χ1n) is 8.62. The molecule has 0 aliphatic heterocycles. The highest BCUT2D eigenvalue weighted by Gasteiger charge is 2.08. The summed E-state index contributed by atoms with van der Waals surface area (Å²) in [6.07, 6.45) is 0. The van der Waals surface area contributed by atoms with Crippen molar-refractivity contribution in [1.29, 1.82) is 0 Å². The van der Waals surface area contributed by atoms with Crippen molar-refractivity contribution in [1.82, 2.24) is 15.5 Å². The van der Waals surface area contributed by atoms with Gasteiger partial charge in [-0.3, -0.25) is 9.79 Å². The first-order chi connectivity index (χ1) is 13.0. The third-order valence-electron chi connectivity index (χ3n) is 3.95. The van der Waals surface area contributed by atoms with Crippen LogP contribution >= 0.6 is 0 Å². The third kappa shape index (κ3) is 6.29. The van der Waals surface area contributed by atoms with Gasteiger partial charge in [0.05, 0.1) is 7.11 Å². The molecule has 2 aromatic carbocycles. The molecular formula is C20H25FN4O2. The standard InChI is InChI=1S/C20H25FN4O2/c1-22-20(25(2)14-15-4-8-17(21)9-5-15)24-13-12-23-19(26)16-6-10-18(27-3)11-7-16/h4-11H,12-14H2,1-3H3,(H,22,24)(H,23,26). The van der Waals surface area contributed by atoms with Gasteiger partial charge in [0.15, 0.2) is 5.96 Å². The Labute approximate surface area is 159 Å². The lowest BCUT2D eigenvalue weighted by molar-refractivity contribution is 0.0954. The summed E-state index contributed by atoms with van der Waals surface area (Å²) >= 11 is 0. The summed E-state index contributed by atoms with van der Waals surface area (Å²) in [6.45, 7) is 1.58. The van der Waals surface area contributed by atoms with E-state index in [0.717, 1.165) is 5.56 Å². The number of benzene rings is 2. The molecule has 0 saturated heterocycles. The highest BCUT2D eigenvalue weighted by atomic mass is 19.1. The minimum absolute atomic E-state index is 0.144. The molecule has 0 aliphatic rings. The van der Waals surface area contributed by atoms with Crippen LogP contribution < -0.4 is 15.4 Å². The summed E-state index contributed by atoms with van der Waals surface area (Å²) in [4.78, 5) is 18.3. The Kier molecular flexibility index (Phi) is 7.61. The molecule has 27 heavy (non-hydrogen) atoms. The van der Waals surface area contributed by atoms with Crippen LogP contribution in [-0.4, -0.2) is 51.1 Å². The number of halogens is 1. The Morgan fingerprint density at radius 1 is 1.07 bits per heavy atom. The smallest absolute Gasteiger partial charge is 0.251 e. The van der Waals surface area contributed by atoms with E-state index >= 15 is 0 Å². The molecule has 1 amide bonds. The molecule has 0 aromatic heterocycles. The summed E-state index contributed by atoms with van der Waals surface area (Å²) in [5.41, 5.74) is 1.56. The molecule has 0 saturated carbocycles. The lowest BCUT2D eigenvalue weighted by Crippen LogP contribution is -2.42. The summed E-state index contributed by atoms with van der Waals surface area (Å²) in [6, 6.07) is 13.3. The van der Waals surface area contributed by atoms with Crippen molar-refractivity contribution in [3.63, 3.8) is 0 Å². The van der Waals surface area contributed by atoms with Crippen molar-refractivity contribution in [2.45, 2.75) is 6.54 Å². The number of hydrogen-bond donors (Lipinski definition) is 2. The van der Waals surface area contributed by atoms with E-state index in [9.17, 15) is 9.18 Å². The van der Waals surface area contributed by atoms with E-state index in [2.05, 4.69) is 15.6 Å². The van der Waals surface area contributed by atoms with Gasteiger partial charge in [0.25, 0.3) is 5.91 Å². The topological polar surface area (TPSA) is 66.0 Å². The number of carbonyl (C=O) groups is 1. The molecule has 0 radical (unpaired) electrons. The van der Waals surface area contributed by atoms with Gasteiger partial charge in [0, 0.05) is 39.3 Å². The van der Waals surface area contributed by atoms with Crippen LogP contribution in [0.25, 0.3) is 0 Å². The summed E-state index contributed by atoms with van der Waals surface area (Å²) in [7, 11) is 5.18. The maximum atomic E-state index is 13.0. The summed E-state index contributed by atoms with van der Waals surface area (Å²) in [5.74, 6) is 1.00. The van der Waals surface area contributed by atoms with Crippen molar-refractivity contribution < 1.29 is 13.9 Å². The van der Waals surface area contributed by atoms with Crippen LogP contribution in [0, 0.1) is 5.82 Å². The van der Waals surface area contributed by atoms with Crippen LogP contribution in [0.2, 0.25) is 0 Å². The first-order valence-corrected chi connectivity index (χ1v) is 8.62. The van der Waals surface area contributed by atoms with Gasteiger partial charge < -0.3 is 20.3 Å². The van der Waals surface area contributed by atoms with E-state index in [4.69, 9.17) is 4.74 Å². The van der Waals surface area contributed by atoms with Gasteiger partial charge in [-0.1, -0.05) is 12.1 Å². The van der Waals surface area contributed by atoms with E-state index in [0.29, 0.717) is 36.9 Å². The van der Waals surface area contributed by atoms with Crippen molar-refractivity contribution in [3.05, 3.63) is 65.5 Å². The van der Waals surface area contributed by atoms with Gasteiger partial charge in [-0.2, -0.15) is 0 Å². The number of aliphatic imine (C=N–C) groups is 1. The lowest BCUT2D eigenvalue weighted by Gasteiger charge is -2.22. The number of rotatable bonds is 7. The molecule has 0 atom stereocenters. The zero-order valence-corrected chi connectivity index (χ0v) is 15.8. The molecular weight excluding hydrogens is 347 g/mol. The second-order valence-corrected chi connectivity index (χ2v) is 5.94. The average Bonchev–Trinajstić information content (AvgIpc) is 2.69. The molecule has 0 fully saturated rings. The Bertz CT molecular complexity index is 761. The second-order valence-electron chi connectivity index (χ2n) is 5.94. The molecule has 2 N–H and O–H groups in total. The number of ether oxygens (including phenoxy) is 1. The van der Waals surface area contributed by atoms with Crippen molar-refractivity contribution in [3.8, 4) is 5.75 Å². The van der Waals surface area contributed by atoms with Crippen molar-refractivity contribution in [2.24, 2.45) is 4.99 Å². The predicted molar refractivity (Wildman–Crippen MR) is 105 cm³/mol. The van der Waals surface area contributed by atoms with Gasteiger partial charge in [-0.25, -0.2) is 4.39 Å². The molecule has 6 nitrogen and oxygen atoms in total. The van der Waals surface area contributed by atoms with Crippen LogP contribution in [0.15, 0.2) is 53.5 Å². The van der Waals surface area contributed by atoms with Gasteiger partial charge in [0.2, 0.25) is 0 Å². The highest BCUT2D eigenvalue weighted by molar-refractivity contribution is 5.94. The molecule has 0 bridgehead atoms. The SMILES string of the molecule is CN=C(NCCNC(=O)c1ccc(OC)cc1)N(C)Cc1ccc(F)cc1. The van der Waals surface area contributed by atoms with Crippen molar-refractivity contribution in [2.75, 3.05) is 34.3 Å².